The number of likely N-dealkylation sites (N-methyl/N-ethyl adjacent to an activating group) is 1. The van der Waals surface area contributed by atoms with E-state index in [-0.39, 0.29) is 11.9 Å². The Labute approximate surface area is 91.6 Å². The van der Waals surface area contributed by atoms with E-state index in [1.165, 1.54) is 0 Å². The third-order valence-corrected chi connectivity index (χ3v) is 2.67. The number of nitrogens with zero attached hydrogens (tertiary/aromatic N) is 1. The number of carbonyl (C=O) groups excluding carboxylic acids is 1. The van der Waals surface area contributed by atoms with Crippen molar-refractivity contribution in [2.75, 3.05) is 20.1 Å². The highest BCUT2D eigenvalue weighted by Crippen LogP contribution is 2.13. The maximum absolute atomic E-state index is 11.7. The summed E-state index contributed by atoms with van der Waals surface area (Å²) in [4.78, 5) is 13.7. The first-order valence-corrected chi connectivity index (χ1v) is 5.60. The third-order valence-electron chi connectivity index (χ3n) is 2.67. The monoisotopic (exact) mass is 214 g/mol. The summed E-state index contributed by atoms with van der Waals surface area (Å²) in [5.41, 5.74) is -0.749. The average molecular weight is 214 g/mol. The second kappa shape index (κ2) is 4.94. The van der Waals surface area contributed by atoms with Gasteiger partial charge in [-0.1, -0.05) is 0 Å². The minimum absolute atomic E-state index is 0.0843. The molecule has 1 fully saturated rings. The molecule has 1 heterocycles. The van der Waals surface area contributed by atoms with Crippen LogP contribution < -0.4 is 5.32 Å². The van der Waals surface area contributed by atoms with Crippen LogP contribution in [-0.4, -0.2) is 47.7 Å². The Kier molecular flexibility index (Phi) is 4.11. The van der Waals surface area contributed by atoms with Gasteiger partial charge in [0.15, 0.2) is 0 Å². The van der Waals surface area contributed by atoms with Crippen LogP contribution in [0, 0.1) is 0 Å². The molecule has 0 radical (unpaired) electrons. The predicted octanol–water partition coefficient (Wildman–Crippen LogP) is 0.358. The maximum Gasteiger partial charge on any atom is 0.237 e. The van der Waals surface area contributed by atoms with Gasteiger partial charge in [0.25, 0.3) is 0 Å². The fourth-order valence-electron chi connectivity index (χ4n) is 2.06. The van der Waals surface area contributed by atoms with Gasteiger partial charge in [-0.3, -0.25) is 9.69 Å². The van der Waals surface area contributed by atoms with Crippen LogP contribution in [0.4, 0.5) is 0 Å². The molecule has 1 aliphatic rings. The van der Waals surface area contributed by atoms with Gasteiger partial charge < -0.3 is 10.4 Å². The molecule has 88 valence electrons. The SMILES string of the molecule is CN(CC(C)(C)O)C1CCCCNC1=O. The van der Waals surface area contributed by atoms with Gasteiger partial charge in [-0.25, -0.2) is 0 Å². The van der Waals surface area contributed by atoms with Gasteiger partial charge in [0.1, 0.15) is 0 Å². The van der Waals surface area contributed by atoms with Gasteiger partial charge in [-0.2, -0.15) is 0 Å². The predicted molar refractivity (Wildman–Crippen MR) is 59.6 cm³/mol. The lowest BCUT2D eigenvalue weighted by Gasteiger charge is -2.30. The molecular weight excluding hydrogens is 192 g/mol. The average Bonchev–Trinajstić information content (AvgIpc) is 2.26. The maximum atomic E-state index is 11.7. The molecule has 15 heavy (non-hydrogen) atoms. The topological polar surface area (TPSA) is 52.6 Å². The highest BCUT2D eigenvalue weighted by molar-refractivity contribution is 5.81. The van der Waals surface area contributed by atoms with E-state index in [0.717, 1.165) is 25.8 Å². The Morgan fingerprint density at radius 1 is 1.53 bits per heavy atom. The van der Waals surface area contributed by atoms with E-state index in [1.54, 1.807) is 13.8 Å². The van der Waals surface area contributed by atoms with Gasteiger partial charge >= 0.3 is 0 Å². The molecule has 2 N–H and O–H groups in total. The number of nitrogens with one attached hydrogen (secondary N) is 1. The molecule has 0 aromatic heterocycles. The Morgan fingerprint density at radius 2 is 2.20 bits per heavy atom. The minimum atomic E-state index is -0.749. The quantitative estimate of drug-likeness (QED) is 0.713. The highest BCUT2D eigenvalue weighted by Gasteiger charge is 2.27. The van der Waals surface area contributed by atoms with Crippen molar-refractivity contribution in [2.24, 2.45) is 0 Å². The number of rotatable bonds is 3. The fraction of sp³-hybridized carbons (Fsp3) is 0.909. The molecule has 0 aromatic carbocycles. The molecule has 1 unspecified atom stereocenters. The van der Waals surface area contributed by atoms with Gasteiger partial charge in [-0.15, -0.1) is 0 Å². The Balaban J connectivity index is 2.56. The standard InChI is InChI=1S/C11H22N2O2/c1-11(2,15)8-13(3)9-6-4-5-7-12-10(9)14/h9,15H,4-8H2,1-3H3,(H,12,14). The molecule has 1 amide bonds. The summed E-state index contributed by atoms with van der Waals surface area (Å²) in [5.74, 6) is 0.0965. The summed E-state index contributed by atoms with van der Waals surface area (Å²) in [6.45, 7) is 4.83. The van der Waals surface area contributed by atoms with Gasteiger partial charge in [0.05, 0.1) is 11.6 Å². The Hall–Kier alpha value is -0.610. The summed E-state index contributed by atoms with van der Waals surface area (Å²) in [6.07, 6.45) is 3.01. The number of carbonyl (C=O) groups is 1. The molecule has 1 saturated heterocycles. The summed E-state index contributed by atoms with van der Waals surface area (Å²) in [6, 6.07) is -0.0843. The molecule has 0 aliphatic carbocycles. The molecule has 1 aliphatic heterocycles. The van der Waals surface area contributed by atoms with Crippen LogP contribution >= 0.6 is 0 Å². The Bertz CT molecular complexity index is 223. The molecule has 0 aromatic rings. The normalized spacial score (nSPS) is 23.8. The molecule has 0 saturated carbocycles. The van der Waals surface area contributed by atoms with Gasteiger partial charge in [0.2, 0.25) is 5.91 Å². The van der Waals surface area contributed by atoms with E-state index >= 15 is 0 Å². The third kappa shape index (κ3) is 4.18. The molecule has 4 heteroatoms. The van der Waals surface area contributed by atoms with E-state index in [1.807, 2.05) is 11.9 Å². The minimum Gasteiger partial charge on any atom is -0.389 e. The molecule has 0 bridgehead atoms. The molecule has 4 nitrogen and oxygen atoms in total. The van der Waals surface area contributed by atoms with Crippen molar-refractivity contribution in [3.63, 3.8) is 0 Å². The van der Waals surface area contributed by atoms with E-state index in [9.17, 15) is 9.90 Å². The van der Waals surface area contributed by atoms with Gasteiger partial charge in [-0.05, 0) is 40.2 Å². The van der Waals surface area contributed by atoms with E-state index < -0.39 is 5.60 Å². The highest BCUT2D eigenvalue weighted by atomic mass is 16.3. The fourth-order valence-corrected chi connectivity index (χ4v) is 2.06. The molecule has 1 rings (SSSR count). The number of hydrogen-bond acceptors (Lipinski definition) is 3. The van der Waals surface area contributed by atoms with Crippen LogP contribution in [0.2, 0.25) is 0 Å². The largest absolute Gasteiger partial charge is 0.389 e. The zero-order valence-electron chi connectivity index (χ0n) is 9.92. The van der Waals surface area contributed by atoms with E-state index in [2.05, 4.69) is 5.32 Å². The van der Waals surface area contributed by atoms with Gasteiger partial charge in [0, 0.05) is 13.1 Å². The van der Waals surface area contributed by atoms with Crippen LogP contribution in [0.1, 0.15) is 33.1 Å². The van der Waals surface area contributed by atoms with E-state index in [4.69, 9.17) is 0 Å². The van der Waals surface area contributed by atoms with Crippen LogP contribution in [0.3, 0.4) is 0 Å². The lowest BCUT2D eigenvalue weighted by molar-refractivity contribution is -0.126. The van der Waals surface area contributed by atoms with Crippen molar-refractivity contribution in [2.45, 2.75) is 44.8 Å². The number of hydrogen-bond donors (Lipinski definition) is 2. The van der Waals surface area contributed by atoms with Crippen molar-refractivity contribution >= 4 is 5.91 Å². The second-order valence-electron chi connectivity index (χ2n) is 5.03. The Morgan fingerprint density at radius 3 is 2.80 bits per heavy atom. The van der Waals surface area contributed by atoms with Crippen LogP contribution in [0.25, 0.3) is 0 Å². The van der Waals surface area contributed by atoms with Crippen LogP contribution in [-0.2, 0) is 4.79 Å². The zero-order chi connectivity index (χ0) is 11.5. The summed E-state index contributed by atoms with van der Waals surface area (Å²) >= 11 is 0. The second-order valence-corrected chi connectivity index (χ2v) is 5.03. The lowest BCUT2D eigenvalue weighted by Crippen LogP contribution is -2.48. The van der Waals surface area contributed by atoms with Crippen molar-refractivity contribution in [3.8, 4) is 0 Å². The first-order chi connectivity index (χ1) is 6.90. The zero-order valence-corrected chi connectivity index (χ0v) is 9.92. The number of amides is 1. The van der Waals surface area contributed by atoms with Crippen LogP contribution in [0.5, 0.6) is 0 Å². The summed E-state index contributed by atoms with van der Waals surface area (Å²) in [7, 11) is 1.90. The van der Waals surface area contributed by atoms with Crippen molar-refractivity contribution in [3.05, 3.63) is 0 Å². The summed E-state index contributed by atoms with van der Waals surface area (Å²) in [5, 5.41) is 12.6. The number of aliphatic hydroxyl groups is 1. The molecular formula is C11H22N2O2. The lowest BCUT2D eigenvalue weighted by atomic mass is 10.1. The van der Waals surface area contributed by atoms with Crippen molar-refractivity contribution in [1.82, 2.24) is 10.2 Å². The first kappa shape index (κ1) is 12.5. The smallest absolute Gasteiger partial charge is 0.237 e. The van der Waals surface area contributed by atoms with Crippen LogP contribution in [0.15, 0.2) is 0 Å². The first-order valence-electron chi connectivity index (χ1n) is 5.60. The van der Waals surface area contributed by atoms with E-state index in [0.29, 0.717) is 6.54 Å². The van der Waals surface area contributed by atoms with Crippen molar-refractivity contribution in [1.29, 1.82) is 0 Å². The van der Waals surface area contributed by atoms with Crippen molar-refractivity contribution < 1.29 is 9.90 Å². The molecule has 0 spiro atoms. The molecule has 1 atom stereocenters. The summed E-state index contributed by atoms with van der Waals surface area (Å²) < 4.78 is 0.